The highest BCUT2D eigenvalue weighted by atomic mass is 32.2. The molecule has 6 heteroatoms. The number of thioether (sulfide) groups is 1. The maximum atomic E-state index is 12.3. The van der Waals surface area contributed by atoms with Crippen LogP contribution >= 0.6 is 11.8 Å². The van der Waals surface area contributed by atoms with Crippen LogP contribution in [0.15, 0.2) is 29.2 Å². The van der Waals surface area contributed by atoms with Gasteiger partial charge >= 0.3 is 5.97 Å². The molecule has 0 amide bonds. The van der Waals surface area contributed by atoms with Gasteiger partial charge in [-0.05, 0) is 24.0 Å². The Bertz CT molecular complexity index is 582. The van der Waals surface area contributed by atoms with Gasteiger partial charge in [0.05, 0.1) is 5.75 Å². The van der Waals surface area contributed by atoms with Crippen molar-refractivity contribution >= 4 is 27.6 Å². The number of hydrogen-bond donors (Lipinski definition) is 1. The number of hydrogen-bond acceptors (Lipinski definition) is 4. The molecule has 0 saturated carbocycles. The summed E-state index contributed by atoms with van der Waals surface area (Å²) < 4.78 is 24.7. The number of rotatable bonds is 5. The fourth-order valence-corrected chi connectivity index (χ4v) is 6.47. The molecule has 0 bridgehead atoms. The first-order valence-corrected chi connectivity index (χ1v) is 9.09. The summed E-state index contributed by atoms with van der Waals surface area (Å²) in [5, 5.41) is 7.74. The van der Waals surface area contributed by atoms with Crippen molar-refractivity contribution in [2.75, 3.05) is 5.75 Å². The largest absolute Gasteiger partial charge is 0.480 e. The van der Waals surface area contributed by atoms with Crippen LogP contribution in [0.2, 0.25) is 0 Å². The monoisotopic (exact) mass is 314 g/mol. The van der Waals surface area contributed by atoms with Crippen LogP contribution in [0.1, 0.15) is 19.4 Å². The van der Waals surface area contributed by atoms with Gasteiger partial charge in [0.15, 0.2) is 15.1 Å². The first-order valence-electron chi connectivity index (χ1n) is 6.50. The molecular formula is C14H18O4S2. The molecule has 1 aromatic rings. The van der Waals surface area contributed by atoms with Gasteiger partial charge in [0, 0.05) is 10.1 Å². The third kappa shape index (κ3) is 3.17. The van der Waals surface area contributed by atoms with Gasteiger partial charge in [-0.25, -0.2) is 8.42 Å². The summed E-state index contributed by atoms with van der Waals surface area (Å²) in [7, 11) is -3.64. The normalized spacial score (nSPS) is 19.9. The molecule has 20 heavy (non-hydrogen) atoms. The van der Waals surface area contributed by atoms with Crippen molar-refractivity contribution in [3.63, 3.8) is 0 Å². The smallest absolute Gasteiger partial charge is 0.322 e. The Morgan fingerprint density at radius 1 is 1.40 bits per heavy atom. The second-order valence-corrected chi connectivity index (χ2v) is 8.89. The van der Waals surface area contributed by atoms with Gasteiger partial charge < -0.3 is 5.11 Å². The van der Waals surface area contributed by atoms with E-state index in [9.17, 15) is 13.2 Å². The second-order valence-electron chi connectivity index (χ2n) is 5.38. The lowest BCUT2D eigenvalue weighted by atomic mass is 10.1. The minimum Gasteiger partial charge on any atom is -0.480 e. The van der Waals surface area contributed by atoms with Gasteiger partial charge in [0.1, 0.15) is 0 Å². The van der Waals surface area contributed by atoms with Gasteiger partial charge in [-0.1, -0.05) is 32.0 Å². The third-order valence-electron chi connectivity index (χ3n) is 3.37. The van der Waals surface area contributed by atoms with Crippen molar-refractivity contribution in [3.8, 4) is 0 Å². The molecule has 1 aliphatic rings. The number of aliphatic carboxylic acids is 1. The maximum Gasteiger partial charge on any atom is 0.322 e. The second kappa shape index (κ2) is 5.77. The molecule has 0 fully saturated rings. The van der Waals surface area contributed by atoms with Crippen molar-refractivity contribution in [1.82, 2.24) is 0 Å². The topological polar surface area (TPSA) is 71.4 Å². The van der Waals surface area contributed by atoms with E-state index < -0.39 is 27.0 Å². The highest BCUT2D eigenvalue weighted by Gasteiger charge is 2.38. The predicted octanol–water partition coefficient (Wildman–Crippen LogP) is 2.23. The van der Waals surface area contributed by atoms with Crippen LogP contribution in [0.25, 0.3) is 0 Å². The lowest BCUT2D eigenvalue weighted by Gasteiger charge is -2.18. The molecule has 1 aromatic carbocycles. The maximum absolute atomic E-state index is 12.3. The first kappa shape index (κ1) is 15.4. The van der Waals surface area contributed by atoms with Crippen LogP contribution in [-0.2, 0) is 21.1 Å². The van der Waals surface area contributed by atoms with Gasteiger partial charge in [0.25, 0.3) is 0 Å². The summed E-state index contributed by atoms with van der Waals surface area (Å²) in [6, 6.07) is 7.83. The quantitative estimate of drug-likeness (QED) is 0.902. The molecule has 0 spiro atoms. The van der Waals surface area contributed by atoms with Crippen LogP contribution in [-0.4, -0.2) is 35.7 Å². The number of sulfone groups is 1. The highest BCUT2D eigenvalue weighted by molar-refractivity contribution is 8.01. The molecule has 2 rings (SSSR count). The van der Waals surface area contributed by atoms with E-state index in [0.29, 0.717) is 6.42 Å². The number of fused-ring (bicyclic) bond motifs is 1. The number of carboxylic acid groups (broad SMARTS) is 1. The molecular weight excluding hydrogens is 296 g/mol. The van der Waals surface area contributed by atoms with E-state index >= 15 is 0 Å². The molecule has 0 radical (unpaired) electrons. The fraction of sp³-hybridized carbons (Fsp3) is 0.500. The fourth-order valence-electron chi connectivity index (χ4n) is 2.56. The Balaban J connectivity index is 2.13. The molecule has 1 aliphatic heterocycles. The Morgan fingerprint density at radius 2 is 2.05 bits per heavy atom. The average Bonchev–Trinajstić information content (AvgIpc) is 2.67. The van der Waals surface area contributed by atoms with Crippen LogP contribution in [0.5, 0.6) is 0 Å². The lowest BCUT2D eigenvalue weighted by Crippen LogP contribution is -2.38. The summed E-state index contributed by atoms with van der Waals surface area (Å²) in [5.41, 5.74) is 1.15. The molecule has 2 unspecified atom stereocenters. The summed E-state index contributed by atoms with van der Waals surface area (Å²) >= 11 is 1.53. The van der Waals surface area contributed by atoms with E-state index in [0.717, 1.165) is 10.5 Å². The van der Waals surface area contributed by atoms with E-state index in [4.69, 9.17) is 5.11 Å². The van der Waals surface area contributed by atoms with Gasteiger partial charge in [0.2, 0.25) is 0 Å². The Hall–Kier alpha value is -1.01. The SMILES string of the molecule is CC(C)C(C(=O)O)S(=O)(=O)CC1Cc2ccccc2S1. The van der Waals surface area contributed by atoms with Crippen LogP contribution in [0.4, 0.5) is 0 Å². The number of benzene rings is 1. The lowest BCUT2D eigenvalue weighted by molar-refractivity contribution is -0.137. The average molecular weight is 314 g/mol. The molecule has 2 atom stereocenters. The minimum absolute atomic E-state index is 0.0819. The molecule has 0 aliphatic carbocycles. The van der Waals surface area contributed by atoms with Crippen molar-refractivity contribution in [2.45, 2.75) is 35.7 Å². The molecule has 1 N–H and O–H groups in total. The standard InChI is InChI=1S/C14H18O4S2/c1-9(2)13(14(15)16)20(17,18)8-11-7-10-5-3-4-6-12(10)19-11/h3-6,9,11,13H,7-8H2,1-2H3,(H,15,16). The highest BCUT2D eigenvalue weighted by Crippen LogP contribution is 2.37. The summed E-state index contributed by atoms with van der Waals surface area (Å²) in [5.74, 6) is -1.76. The summed E-state index contributed by atoms with van der Waals surface area (Å²) in [6.07, 6.45) is 0.685. The molecule has 0 saturated heterocycles. The van der Waals surface area contributed by atoms with E-state index in [1.54, 1.807) is 13.8 Å². The van der Waals surface area contributed by atoms with Gasteiger partial charge in [-0.3, -0.25) is 4.79 Å². The number of carbonyl (C=O) groups is 1. The predicted molar refractivity (Wildman–Crippen MR) is 79.8 cm³/mol. The van der Waals surface area contributed by atoms with Crippen LogP contribution < -0.4 is 0 Å². The Labute approximate surface area is 123 Å². The zero-order chi connectivity index (χ0) is 14.9. The van der Waals surface area contributed by atoms with Crippen molar-refractivity contribution in [2.24, 2.45) is 5.92 Å². The van der Waals surface area contributed by atoms with Crippen LogP contribution in [0.3, 0.4) is 0 Å². The summed E-state index contributed by atoms with van der Waals surface area (Å²) in [6.45, 7) is 3.26. The molecule has 0 aromatic heterocycles. The zero-order valence-corrected chi connectivity index (χ0v) is 13.1. The molecule has 4 nitrogen and oxygen atoms in total. The molecule has 1 heterocycles. The first-order chi connectivity index (χ1) is 9.31. The zero-order valence-electron chi connectivity index (χ0n) is 11.4. The van der Waals surface area contributed by atoms with Crippen molar-refractivity contribution in [1.29, 1.82) is 0 Å². The van der Waals surface area contributed by atoms with Gasteiger partial charge in [-0.2, -0.15) is 0 Å². The van der Waals surface area contributed by atoms with Crippen molar-refractivity contribution < 1.29 is 18.3 Å². The number of carboxylic acids is 1. The van der Waals surface area contributed by atoms with Gasteiger partial charge in [-0.15, -0.1) is 11.8 Å². The van der Waals surface area contributed by atoms with E-state index in [1.165, 1.54) is 11.8 Å². The molecule has 110 valence electrons. The summed E-state index contributed by atoms with van der Waals surface area (Å²) in [4.78, 5) is 12.3. The van der Waals surface area contributed by atoms with E-state index in [2.05, 4.69) is 0 Å². The van der Waals surface area contributed by atoms with E-state index in [-0.39, 0.29) is 11.0 Å². The Morgan fingerprint density at radius 3 is 2.60 bits per heavy atom. The van der Waals surface area contributed by atoms with Crippen LogP contribution in [0, 0.1) is 5.92 Å². The third-order valence-corrected chi connectivity index (χ3v) is 7.28. The Kier molecular flexibility index (Phi) is 4.44. The van der Waals surface area contributed by atoms with E-state index in [1.807, 2.05) is 24.3 Å². The van der Waals surface area contributed by atoms with Crippen molar-refractivity contribution in [3.05, 3.63) is 29.8 Å². The minimum atomic E-state index is -3.64.